The number of fused-ring (bicyclic) bond motifs is 1. The number of nitrogens with zero attached hydrogens (tertiary/aromatic N) is 2. The van der Waals surface area contributed by atoms with Crippen LogP contribution in [0.25, 0.3) is 0 Å². The lowest BCUT2D eigenvalue weighted by molar-refractivity contribution is -0.121. The van der Waals surface area contributed by atoms with Crippen molar-refractivity contribution in [3.63, 3.8) is 0 Å². The second-order valence-corrected chi connectivity index (χ2v) is 8.86. The molecule has 2 aromatic rings. The number of hydrogen-bond donors (Lipinski definition) is 3. The fraction of sp³-hybridized carbons (Fsp3) is 0.480. The second kappa shape index (κ2) is 10.9. The summed E-state index contributed by atoms with van der Waals surface area (Å²) in [6.07, 6.45) is -0.549. The number of ether oxygens (including phenoxy) is 3. The summed E-state index contributed by atoms with van der Waals surface area (Å²) in [5.74, 6) is 1.12. The van der Waals surface area contributed by atoms with Crippen molar-refractivity contribution in [1.82, 2.24) is 15.1 Å². The van der Waals surface area contributed by atoms with E-state index in [0.717, 1.165) is 31.7 Å². The van der Waals surface area contributed by atoms with Gasteiger partial charge in [0.2, 0.25) is 12.7 Å². The molecule has 0 spiro atoms. The standard InChI is InChI=1S/C25H33N3O6/c1-27-7-9-28(10-8-27)15-18(29)14-26-25(31)12-20(17-3-5-19(32-2)6-4-17)21-11-23-24(13-22(21)30)34-16-33-23/h3-6,11,13,18,20,29-30H,7-10,12,14-16H2,1-2H3,(H,26,31). The van der Waals surface area contributed by atoms with Crippen molar-refractivity contribution in [2.75, 3.05) is 60.2 Å². The van der Waals surface area contributed by atoms with Gasteiger partial charge in [0, 0.05) is 63.2 Å². The van der Waals surface area contributed by atoms with Crippen LogP contribution < -0.4 is 19.5 Å². The van der Waals surface area contributed by atoms with E-state index in [1.807, 2.05) is 24.3 Å². The molecular weight excluding hydrogens is 438 g/mol. The molecule has 3 N–H and O–H groups in total. The van der Waals surface area contributed by atoms with Crippen LogP contribution in [-0.4, -0.2) is 92.2 Å². The van der Waals surface area contributed by atoms with E-state index in [9.17, 15) is 15.0 Å². The molecule has 9 nitrogen and oxygen atoms in total. The summed E-state index contributed by atoms with van der Waals surface area (Å²) in [5.41, 5.74) is 1.42. The fourth-order valence-electron chi connectivity index (χ4n) is 4.35. The SMILES string of the molecule is COc1ccc(C(CC(=O)NCC(O)CN2CCN(C)CC2)c2cc3c(cc2O)OCO3)cc1. The van der Waals surface area contributed by atoms with Crippen molar-refractivity contribution in [3.8, 4) is 23.0 Å². The van der Waals surface area contributed by atoms with Gasteiger partial charge in [-0.25, -0.2) is 0 Å². The quantitative estimate of drug-likeness (QED) is 0.504. The zero-order valence-corrected chi connectivity index (χ0v) is 19.7. The summed E-state index contributed by atoms with van der Waals surface area (Å²) in [4.78, 5) is 17.4. The van der Waals surface area contributed by atoms with E-state index >= 15 is 0 Å². The van der Waals surface area contributed by atoms with Crippen molar-refractivity contribution < 1.29 is 29.2 Å². The first-order valence-electron chi connectivity index (χ1n) is 11.5. The Morgan fingerprint density at radius 1 is 1.12 bits per heavy atom. The molecule has 1 saturated heterocycles. The number of phenolic OH excluding ortho intramolecular Hbond substituents is 1. The molecule has 2 aliphatic heterocycles. The maximum atomic E-state index is 12.9. The molecule has 1 amide bonds. The third kappa shape index (κ3) is 5.91. The number of carbonyl (C=O) groups is 1. The Labute approximate surface area is 199 Å². The van der Waals surface area contributed by atoms with Gasteiger partial charge in [-0.2, -0.15) is 0 Å². The Morgan fingerprint density at radius 2 is 1.79 bits per heavy atom. The summed E-state index contributed by atoms with van der Waals surface area (Å²) < 4.78 is 16.1. The number of benzene rings is 2. The Hall–Kier alpha value is -3.01. The number of likely N-dealkylation sites (N-methyl/N-ethyl adjacent to an activating group) is 1. The molecule has 2 atom stereocenters. The number of hydrogen-bond acceptors (Lipinski definition) is 8. The van der Waals surface area contributed by atoms with Crippen LogP contribution in [-0.2, 0) is 4.79 Å². The number of β-amino-alcohol motifs (C(OH)–C–C–N with tert-alkyl or cyclic N) is 1. The summed E-state index contributed by atoms with van der Waals surface area (Å²) in [7, 11) is 3.68. The van der Waals surface area contributed by atoms with E-state index < -0.39 is 12.0 Å². The minimum Gasteiger partial charge on any atom is -0.508 e. The lowest BCUT2D eigenvalue weighted by atomic mass is 9.87. The van der Waals surface area contributed by atoms with Gasteiger partial charge in [-0.15, -0.1) is 0 Å². The first-order valence-corrected chi connectivity index (χ1v) is 11.5. The maximum Gasteiger partial charge on any atom is 0.231 e. The molecule has 2 heterocycles. The number of methoxy groups -OCH3 is 1. The van der Waals surface area contributed by atoms with E-state index in [1.165, 1.54) is 6.07 Å². The average Bonchev–Trinajstić information content (AvgIpc) is 3.29. The van der Waals surface area contributed by atoms with E-state index in [1.54, 1.807) is 13.2 Å². The van der Waals surface area contributed by atoms with Crippen LogP contribution in [0.2, 0.25) is 0 Å². The van der Waals surface area contributed by atoms with E-state index in [2.05, 4.69) is 22.2 Å². The van der Waals surface area contributed by atoms with Crippen molar-refractivity contribution in [2.45, 2.75) is 18.4 Å². The van der Waals surface area contributed by atoms with Gasteiger partial charge in [-0.3, -0.25) is 9.69 Å². The zero-order chi connectivity index (χ0) is 24.1. The number of nitrogens with one attached hydrogen (secondary N) is 1. The van der Waals surface area contributed by atoms with Gasteiger partial charge in [0.15, 0.2) is 11.5 Å². The Balaban J connectivity index is 1.43. The van der Waals surface area contributed by atoms with Gasteiger partial charge >= 0.3 is 0 Å². The van der Waals surface area contributed by atoms with Crippen LogP contribution in [0.4, 0.5) is 0 Å². The first-order chi connectivity index (χ1) is 16.4. The van der Waals surface area contributed by atoms with E-state index in [-0.39, 0.29) is 31.4 Å². The number of aliphatic hydroxyl groups is 1. The summed E-state index contributed by atoms with van der Waals surface area (Å²) >= 11 is 0. The van der Waals surface area contributed by atoms with Crippen LogP contribution in [0.5, 0.6) is 23.0 Å². The van der Waals surface area contributed by atoms with Gasteiger partial charge in [0.25, 0.3) is 0 Å². The van der Waals surface area contributed by atoms with Crippen molar-refractivity contribution in [1.29, 1.82) is 0 Å². The second-order valence-electron chi connectivity index (χ2n) is 8.86. The lowest BCUT2D eigenvalue weighted by Gasteiger charge is -2.33. The van der Waals surface area contributed by atoms with Crippen LogP contribution in [0.1, 0.15) is 23.5 Å². The molecule has 9 heteroatoms. The largest absolute Gasteiger partial charge is 0.508 e. The number of aromatic hydroxyl groups is 1. The van der Waals surface area contributed by atoms with E-state index in [0.29, 0.717) is 29.4 Å². The van der Waals surface area contributed by atoms with Gasteiger partial charge in [0.05, 0.1) is 13.2 Å². The predicted octanol–water partition coefficient (Wildman–Crippen LogP) is 1.38. The highest BCUT2D eigenvalue weighted by Crippen LogP contribution is 2.43. The van der Waals surface area contributed by atoms with E-state index in [4.69, 9.17) is 14.2 Å². The van der Waals surface area contributed by atoms with Crippen LogP contribution in [0, 0.1) is 0 Å². The number of aliphatic hydroxyl groups excluding tert-OH is 1. The monoisotopic (exact) mass is 471 g/mol. The number of phenols is 1. The van der Waals surface area contributed by atoms with Gasteiger partial charge < -0.3 is 34.6 Å². The maximum absolute atomic E-state index is 12.9. The lowest BCUT2D eigenvalue weighted by Crippen LogP contribution is -2.48. The van der Waals surface area contributed by atoms with Crippen LogP contribution >= 0.6 is 0 Å². The van der Waals surface area contributed by atoms with Gasteiger partial charge in [-0.1, -0.05) is 12.1 Å². The van der Waals surface area contributed by atoms with Crippen molar-refractivity contribution in [2.24, 2.45) is 0 Å². The molecular formula is C25H33N3O6. The van der Waals surface area contributed by atoms with Crippen LogP contribution in [0.15, 0.2) is 36.4 Å². The molecule has 0 aromatic heterocycles. The topological polar surface area (TPSA) is 104 Å². The fourth-order valence-corrected chi connectivity index (χ4v) is 4.35. The summed E-state index contributed by atoms with van der Waals surface area (Å²) in [6, 6.07) is 10.6. The molecule has 2 aliphatic rings. The highest BCUT2D eigenvalue weighted by molar-refractivity contribution is 5.78. The number of carbonyl (C=O) groups excluding carboxylic acids is 1. The number of piperazine rings is 1. The molecule has 2 unspecified atom stereocenters. The molecule has 184 valence electrons. The highest BCUT2D eigenvalue weighted by Gasteiger charge is 2.26. The molecule has 0 aliphatic carbocycles. The zero-order valence-electron chi connectivity index (χ0n) is 19.7. The first kappa shape index (κ1) is 24.1. The highest BCUT2D eigenvalue weighted by atomic mass is 16.7. The third-order valence-corrected chi connectivity index (χ3v) is 6.40. The number of rotatable bonds is 9. The molecule has 1 fully saturated rings. The third-order valence-electron chi connectivity index (χ3n) is 6.40. The molecule has 4 rings (SSSR count). The Bertz CT molecular complexity index is 975. The normalized spacial score (nSPS) is 17.9. The molecule has 0 bridgehead atoms. The molecule has 34 heavy (non-hydrogen) atoms. The minimum atomic E-state index is -0.647. The van der Waals surface area contributed by atoms with Gasteiger partial charge in [0.1, 0.15) is 11.5 Å². The Morgan fingerprint density at radius 3 is 2.47 bits per heavy atom. The average molecular weight is 472 g/mol. The Kier molecular flexibility index (Phi) is 7.77. The molecule has 0 radical (unpaired) electrons. The minimum absolute atomic E-state index is 0.0352. The smallest absolute Gasteiger partial charge is 0.231 e. The summed E-state index contributed by atoms with van der Waals surface area (Å²) in [5, 5.41) is 24.0. The van der Waals surface area contributed by atoms with Crippen molar-refractivity contribution in [3.05, 3.63) is 47.5 Å². The van der Waals surface area contributed by atoms with Crippen molar-refractivity contribution >= 4 is 5.91 Å². The van der Waals surface area contributed by atoms with Gasteiger partial charge in [-0.05, 0) is 30.8 Å². The summed E-state index contributed by atoms with van der Waals surface area (Å²) in [6.45, 7) is 4.56. The molecule has 2 aromatic carbocycles. The molecule has 0 saturated carbocycles. The van der Waals surface area contributed by atoms with Crippen LogP contribution in [0.3, 0.4) is 0 Å². The number of amides is 1. The predicted molar refractivity (Wildman–Crippen MR) is 127 cm³/mol.